The van der Waals surface area contributed by atoms with Gasteiger partial charge in [0.1, 0.15) is 5.75 Å². The number of benzene rings is 1. The number of carboxylic acids is 1. The average molecular weight is 355 g/mol. The van der Waals surface area contributed by atoms with Gasteiger partial charge in [0.15, 0.2) is 0 Å². The summed E-state index contributed by atoms with van der Waals surface area (Å²) in [6, 6.07) is 4.74. The van der Waals surface area contributed by atoms with E-state index in [1.807, 2.05) is 6.92 Å². The number of urea groups is 1. The Morgan fingerprint density at radius 3 is 2.62 bits per heavy atom. The number of amides is 2. The van der Waals surface area contributed by atoms with E-state index in [9.17, 15) is 9.59 Å². The highest BCUT2D eigenvalue weighted by molar-refractivity contribution is 6.31. The molecule has 1 aliphatic carbocycles. The summed E-state index contributed by atoms with van der Waals surface area (Å²) in [5, 5.41) is 15.2. The fraction of sp³-hybridized carbons (Fsp3) is 0.529. The van der Waals surface area contributed by atoms with Crippen molar-refractivity contribution in [1.29, 1.82) is 0 Å². The summed E-state index contributed by atoms with van der Waals surface area (Å²) in [7, 11) is 0. The molecule has 0 bridgehead atoms. The molecular formula is C17H23ClN2O4. The van der Waals surface area contributed by atoms with Crippen molar-refractivity contribution in [3.8, 4) is 5.75 Å². The van der Waals surface area contributed by atoms with Gasteiger partial charge in [0.2, 0.25) is 0 Å². The van der Waals surface area contributed by atoms with Crippen LogP contribution in [-0.2, 0) is 4.79 Å². The Bertz CT molecular complexity index is 586. The van der Waals surface area contributed by atoms with Gasteiger partial charge in [-0.2, -0.15) is 0 Å². The van der Waals surface area contributed by atoms with Crippen molar-refractivity contribution in [2.75, 3.05) is 11.9 Å². The lowest BCUT2D eigenvalue weighted by molar-refractivity contribution is -0.142. The molecule has 1 saturated carbocycles. The van der Waals surface area contributed by atoms with E-state index < -0.39 is 5.97 Å². The van der Waals surface area contributed by atoms with Crippen LogP contribution >= 0.6 is 11.6 Å². The molecule has 24 heavy (non-hydrogen) atoms. The van der Waals surface area contributed by atoms with Gasteiger partial charge >= 0.3 is 12.0 Å². The molecule has 0 heterocycles. The summed E-state index contributed by atoms with van der Waals surface area (Å²) in [5.41, 5.74) is 0.521. The molecule has 132 valence electrons. The molecule has 0 aromatic heterocycles. The molecule has 7 heteroatoms. The zero-order valence-corrected chi connectivity index (χ0v) is 14.4. The molecule has 0 aliphatic heterocycles. The Hall–Kier alpha value is -1.95. The van der Waals surface area contributed by atoms with E-state index in [4.69, 9.17) is 21.4 Å². The fourth-order valence-corrected chi connectivity index (χ4v) is 2.94. The third-order valence-electron chi connectivity index (χ3n) is 4.06. The molecule has 2 amide bonds. The van der Waals surface area contributed by atoms with E-state index >= 15 is 0 Å². The van der Waals surface area contributed by atoms with Gasteiger partial charge in [-0.25, -0.2) is 4.79 Å². The standard InChI is InChI=1S/C17H23ClN2O4/c1-2-9-24-15-8-5-12(18)10-14(15)20-17(23)19-13-6-3-11(4-7-13)16(21)22/h5,8,10-11,13H,2-4,6-7,9H2,1H3,(H,21,22)(H2,19,20,23). The van der Waals surface area contributed by atoms with Gasteiger partial charge in [-0.1, -0.05) is 18.5 Å². The fourth-order valence-electron chi connectivity index (χ4n) is 2.77. The van der Waals surface area contributed by atoms with Crippen molar-refractivity contribution in [3.05, 3.63) is 23.2 Å². The lowest BCUT2D eigenvalue weighted by atomic mass is 9.86. The van der Waals surface area contributed by atoms with E-state index in [2.05, 4.69) is 10.6 Å². The molecule has 6 nitrogen and oxygen atoms in total. The van der Waals surface area contributed by atoms with Gasteiger partial charge in [-0.15, -0.1) is 0 Å². The van der Waals surface area contributed by atoms with Crippen LogP contribution in [0.2, 0.25) is 5.02 Å². The van der Waals surface area contributed by atoms with Gasteiger partial charge in [-0.3, -0.25) is 4.79 Å². The van der Waals surface area contributed by atoms with Gasteiger partial charge in [0.05, 0.1) is 18.2 Å². The van der Waals surface area contributed by atoms with Crippen LogP contribution in [0, 0.1) is 5.92 Å². The molecule has 0 spiro atoms. The van der Waals surface area contributed by atoms with E-state index in [0.717, 1.165) is 6.42 Å². The van der Waals surface area contributed by atoms with Crippen molar-refractivity contribution in [3.63, 3.8) is 0 Å². The van der Waals surface area contributed by atoms with E-state index in [-0.39, 0.29) is 18.0 Å². The van der Waals surface area contributed by atoms with Crippen molar-refractivity contribution < 1.29 is 19.4 Å². The number of hydrogen-bond donors (Lipinski definition) is 3. The van der Waals surface area contributed by atoms with Crippen molar-refractivity contribution in [2.24, 2.45) is 5.92 Å². The van der Waals surface area contributed by atoms with E-state index in [1.54, 1.807) is 18.2 Å². The highest BCUT2D eigenvalue weighted by Crippen LogP contribution is 2.29. The molecule has 1 aromatic carbocycles. The SMILES string of the molecule is CCCOc1ccc(Cl)cc1NC(=O)NC1CCC(C(=O)O)CC1. The predicted molar refractivity (Wildman–Crippen MR) is 92.8 cm³/mol. The van der Waals surface area contributed by atoms with Crippen LogP contribution in [-0.4, -0.2) is 29.8 Å². The summed E-state index contributed by atoms with van der Waals surface area (Å²) in [5.74, 6) is -0.478. The lowest BCUT2D eigenvalue weighted by Crippen LogP contribution is -2.41. The van der Waals surface area contributed by atoms with Crippen molar-refractivity contribution >= 4 is 29.3 Å². The van der Waals surface area contributed by atoms with Crippen molar-refractivity contribution in [1.82, 2.24) is 5.32 Å². The first-order chi connectivity index (χ1) is 11.5. The largest absolute Gasteiger partial charge is 0.491 e. The van der Waals surface area contributed by atoms with E-state index in [1.165, 1.54) is 0 Å². The van der Waals surface area contributed by atoms with Gasteiger partial charge in [0.25, 0.3) is 0 Å². The van der Waals surface area contributed by atoms with Gasteiger partial charge in [0, 0.05) is 11.1 Å². The Kier molecular flexibility index (Phi) is 6.73. The summed E-state index contributed by atoms with van der Waals surface area (Å²) in [6.45, 7) is 2.56. The maximum Gasteiger partial charge on any atom is 0.319 e. The smallest absolute Gasteiger partial charge is 0.319 e. The summed E-state index contributed by atoms with van der Waals surface area (Å²) < 4.78 is 5.61. The minimum atomic E-state index is -0.755. The highest BCUT2D eigenvalue weighted by Gasteiger charge is 2.26. The second-order valence-corrected chi connectivity index (χ2v) is 6.41. The molecular weight excluding hydrogens is 332 g/mol. The maximum absolute atomic E-state index is 12.2. The zero-order valence-electron chi connectivity index (χ0n) is 13.7. The monoisotopic (exact) mass is 354 g/mol. The van der Waals surface area contributed by atoms with E-state index in [0.29, 0.717) is 48.7 Å². The number of anilines is 1. The van der Waals surface area contributed by atoms with Gasteiger partial charge < -0.3 is 20.5 Å². The van der Waals surface area contributed by atoms with Crippen LogP contribution in [0.1, 0.15) is 39.0 Å². The molecule has 1 aliphatic rings. The number of carbonyl (C=O) groups excluding carboxylic acids is 1. The van der Waals surface area contributed by atoms with Crippen LogP contribution < -0.4 is 15.4 Å². The zero-order chi connectivity index (χ0) is 17.5. The molecule has 0 radical (unpaired) electrons. The second-order valence-electron chi connectivity index (χ2n) is 5.97. The average Bonchev–Trinajstić information content (AvgIpc) is 2.54. The lowest BCUT2D eigenvalue weighted by Gasteiger charge is -2.27. The number of carboxylic acid groups (broad SMARTS) is 1. The molecule has 0 atom stereocenters. The van der Waals surface area contributed by atoms with Crippen LogP contribution in [0.5, 0.6) is 5.75 Å². The Morgan fingerprint density at radius 2 is 2.00 bits per heavy atom. The molecule has 0 unspecified atom stereocenters. The maximum atomic E-state index is 12.2. The number of hydrogen-bond acceptors (Lipinski definition) is 3. The Labute approximate surface area is 146 Å². The molecule has 0 saturated heterocycles. The first-order valence-electron chi connectivity index (χ1n) is 8.22. The number of ether oxygens (including phenoxy) is 1. The minimum absolute atomic E-state index is 0.0141. The highest BCUT2D eigenvalue weighted by atomic mass is 35.5. The topological polar surface area (TPSA) is 87.7 Å². The Balaban J connectivity index is 1.90. The number of aliphatic carboxylic acids is 1. The number of halogens is 1. The second kappa shape index (κ2) is 8.78. The normalized spacial score (nSPS) is 20.2. The molecule has 3 N–H and O–H groups in total. The predicted octanol–water partition coefficient (Wildman–Crippen LogP) is 3.89. The Morgan fingerprint density at radius 1 is 1.29 bits per heavy atom. The van der Waals surface area contributed by atoms with Crippen LogP contribution in [0.4, 0.5) is 10.5 Å². The summed E-state index contributed by atoms with van der Waals surface area (Å²) >= 11 is 5.99. The third-order valence-corrected chi connectivity index (χ3v) is 4.30. The molecule has 2 rings (SSSR count). The minimum Gasteiger partial charge on any atom is -0.491 e. The summed E-state index contributed by atoms with van der Waals surface area (Å²) in [6.07, 6.45) is 3.37. The van der Waals surface area contributed by atoms with Crippen LogP contribution in [0.15, 0.2) is 18.2 Å². The number of rotatable bonds is 6. The molecule has 1 aromatic rings. The van der Waals surface area contributed by atoms with Crippen LogP contribution in [0.25, 0.3) is 0 Å². The first-order valence-corrected chi connectivity index (χ1v) is 8.60. The number of carbonyl (C=O) groups is 2. The quantitative estimate of drug-likeness (QED) is 0.723. The van der Waals surface area contributed by atoms with Gasteiger partial charge in [-0.05, 0) is 50.3 Å². The first kappa shape index (κ1) is 18.4. The van der Waals surface area contributed by atoms with Crippen molar-refractivity contribution in [2.45, 2.75) is 45.1 Å². The molecule has 1 fully saturated rings. The van der Waals surface area contributed by atoms with Crippen LogP contribution in [0.3, 0.4) is 0 Å². The number of nitrogens with one attached hydrogen (secondary N) is 2. The third kappa shape index (κ3) is 5.30. The summed E-state index contributed by atoms with van der Waals surface area (Å²) in [4.78, 5) is 23.2.